The van der Waals surface area contributed by atoms with Gasteiger partial charge in [-0.25, -0.2) is 0 Å². The smallest absolute Gasteiger partial charge is 0.0699 e. The second kappa shape index (κ2) is 4.81. The Bertz CT molecular complexity index is 504. The van der Waals surface area contributed by atoms with Crippen molar-refractivity contribution < 1.29 is 10.2 Å². The van der Waals surface area contributed by atoms with Crippen molar-refractivity contribution in [1.82, 2.24) is 0 Å². The molecule has 22 heavy (non-hydrogen) atoms. The molecule has 0 aromatic rings. The highest BCUT2D eigenvalue weighted by atomic mass is 16.3. The minimum Gasteiger partial charge on any atom is -0.393 e. The van der Waals surface area contributed by atoms with E-state index in [1.54, 1.807) is 0 Å². The summed E-state index contributed by atoms with van der Waals surface area (Å²) in [5, 5.41) is 20.4. The maximum atomic E-state index is 10.3. The molecular formula is C19H31NO2. The minimum absolute atomic E-state index is 0.0511. The van der Waals surface area contributed by atoms with Gasteiger partial charge in [0.25, 0.3) is 0 Å². The Kier molecular flexibility index (Phi) is 3.32. The molecule has 0 heterocycles. The van der Waals surface area contributed by atoms with Gasteiger partial charge in [-0.15, -0.1) is 0 Å². The average molecular weight is 305 g/mol. The predicted molar refractivity (Wildman–Crippen MR) is 87.1 cm³/mol. The van der Waals surface area contributed by atoms with Crippen molar-refractivity contribution in [2.45, 2.75) is 77.0 Å². The summed E-state index contributed by atoms with van der Waals surface area (Å²) in [6, 6.07) is -0.0511. The molecule has 0 amide bonds. The zero-order valence-electron chi connectivity index (χ0n) is 14.0. The molecular weight excluding hydrogens is 274 g/mol. The quantitative estimate of drug-likeness (QED) is 0.603. The molecule has 0 bridgehead atoms. The fourth-order valence-electron chi connectivity index (χ4n) is 6.69. The standard InChI is InChI=1S/C19H31NO2/c1-18-7-5-12(21)9-11(18)3-4-13-14(18)6-8-19(2)15(13)10-16(22)17(19)20/h3,12-17,21-22H,4-10,20H2,1-2H3/t12-,13+,14-,15+,16-,17-,18+,19+/m0/s1. The molecule has 0 aromatic carbocycles. The van der Waals surface area contributed by atoms with Gasteiger partial charge in [0.15, 0.2) is 0 Å². The molecule has 4 N–H and O–H groups in total. The van der Waals surface area contributed by atoms with Crippen molar-refractivity contribution in [3.05, 3.63) is 11.6 Å². The van der Waals surface area contributed by atoms with E-state index in [0.29, 0.717) is 11.8 Å². The van der Waals surface area contributed by atoms with Gasteiger partial charge in [0.1, 0.15) is 0 Å². The number of allylic oxidation sites excluding steroid dienone is 1. The number of nitrogens with two attached hydrogens (primary N) is 1. The van der Waals surface area contributed by atoms with E-state index in [2.05, 4.69) is 19.9 Å². The van der Waals surface area contributed by atoms with Crippen molar-refractivity contribution in [2.75, 3.05) is 0 Å². The normalized spacial score (nSPS) is 57.6. The van der Waals surface area contributed by atoms with Crippen LogP contribution in [0.4, 0.5) is 0 Å². The van der Waals surface area contributed by atoms with Gasteiger partial charge >= 0.3 is 0 Å². The van der Waals surface area contributed by atoms with E-state index in [0.717, 1.165) is 44.4 Å². The number of fused-ring (bicyclic) bond motifs is 5. The maximum absolute atomic E-state index is 10.3. The predicted octanol–water partition coefficient (Wildman–Crippen LogP) is 2.61. The molecule has 0 unspecified atom stereocenters. The fraction of sp³-hybridized carbons (Fsp3) is 0.895. The lowest BCUT2D eigenvalue weighted by molar-refractivity contribution is -0.0403. The molecule has 124 valence electrons. The Balaban J connectivity index is 1.68. The maximum Gasteiger partial charge on any atom is 0.0699 e. The third-order valence-corrected chi connectivity index (χ3v) is 8.19. The zero-order chi connectivity index (χ0) is 15.7. The van der Waals surface area contributed by atoms with Gasteiger partial charge in [0.05, 0.1) is 12.2 Å². The van der Waals surface area contributed by atoms with E-state index in [-0.39, 0.29) is 29.1 Å². The van der Waals surface area contributed by atoms with Crippen molar-refractivity contribution in [3.8, 4) is 0 Å². The molecule has 4 aliphatic rings. The van der Waals surface area contributed by atoms with Gasteiger partial charge in [0, 0.05) is 6.04 Å². The molecule has 8 atom stereocenters. The van der Waals surface area contributed by atoms with Crippen molar-refractivity contribution in [1.29, 1.82) is 0 Å². The molecule has 4 rings (SSSR count). The largest absolute Gasteiger partial charge is 0.393 e. The number of hydrogen-bond acceptors (Lipinski definition) is 3. The van der Waals surface area contributed by atoms with E-state index in [4.69, 9.17) is 5.73 Å². The SMILES string of the molecule is C[C@@]12CC[C@H]3[C@@H](CC=C4C[C@@H](O)CC[C@]43C)[C@H]1C[C@H](O)[C@@H]2N. The van der Waals surface area contributed by atoms with Crippen LogP contribution in [0.3, 0.4) is 0 Å². The van der Waals surface area contributed by atoms with Crippen LogP contribution in [0.15, 0.2) is 11.6 Å². The lowest BCUT2D eigenvalue weighted by Crippen LogP contribution is -2.53. The fourth-order valence-corrected chi connectivity index (χ4v) is 6.69. The van der Waals surface area contributed by atoms with Crippen LogP contribution in [0, 0.1) is 28.6 Å². The van der Waals surface area contributed by atoms with E-state index >= 15 is 0 Å². The van der Waals surface area contributed by atoms with Crippen LogP contribution in [0.25, 0.3) is 0 Å². The van der Waals surface area contributed by atoms with E-state index < -0.39 is 0 Å². The molecule has 3 nitrogen and oxygen atoms in total. The van der Waals surface area contributed by atoms with Crippen molar-refractivity contribution >= 4 is 0 Å². The summed E-state index contributed by atoms with van der Waals surface area (Å²) >= 11 is 0. The zero-order valence-corrected chi connectivity index (χ0v) is 14.0. The molecule has 3 fully saturated rings. The minimum atomic E-state index is -0.319. The molecule has 0 aromatic heterocycles. The van der Waals surface area contributed by atoms with E-state index in [1.165, 1.54) is 12.0 Å². The van der Waals surface area contributed by atoms with E-state index in [1.807, 2.05) is 0 Å². The van der Waals surface area contributed by atoms with Crippen LogP contribution >= 0.6 is 0 Å². The number of rotatable bonds is 0. The number of aliphatic hydroxyl groups excluding tert-OH is 2. The summed E-state index contributed by atoms with van der Waals surface area (Å²) in [5.41, 5.74) is 8.29. The summed E-state index contributed by atoms with van der Waals surface area (Å²) in [6.45, 7) is 4.76. The summed E-state index contributed by atoms with van der Waals surface area (Å²) in [5.74, 6) is 1.96. The Hall–Kier alpha value is -0.380. The first-order valence-electron chi connectivity index (χ1n) is 9.17. The highest BCUT2D eigenvalue weighted by Gasteiger charge is 2.60. The van der Waals surface area contributed by atoms with Gasteiger partial charge in [0.2, 0.25) is 0 Å². The monoisotopic (exact) mass is 305 g/mol. The highest BCUT2D eigenvalue weighted by molar-refractivity contribution is 5.25. The molecule has 0 radical (unpaired) electrons. The summed E-state index contributed by atoms with van der Waals surface area (Å²) < 4.78 is 0. The Morgan fingerprint density at radius 3 is 2.68 bits per heavy atom. The first kappa shape index (κ1) is 15.2. The molecule has 4 aliphatic carbocycles. The molecule has 3 heteroatoms. The number of hydrogen-bond donors (Lipinski definition) is 3. The van der Waals surface area contributed by atoms with Crippen LogP contribution in [0.2, 0.25) is 0 Å². The number of aliphatic hydroxyl groups is 2. The summed E-state index contributed by atoms with van der Waals surface area (Å²) in [6.07, 6.45) is 9.34. The first-order valence-corrected chi connectivity index (χ1v) is 9.17. The lowest BCUT2D eigenvalue weighted by Gasteiger charge is -2.57. The highest BCUT2D eigenvalue weighted by Crippen LogP contribution is 2.64. The third-order valence-electron chi connectivity index (χ3n) is 8.19. The molecule has 0 spiro atoms. The molecule has 3 saturated carbocycles. The van der Waals surface area contributed by atoms with Gasteiger partial charge in [-0.3, -0.25) is 0 Å². The lowest BCUT2D eigenvalue weighted by atomic mass is 9.48. The summed E-state index contributed by atoms with van der Waals surface area (Å²) in [7, 11) is 0. The first-order chi connectivity index (χ1) is 10.4. The Morgan fingerprint density at radius 2 is 1.91 bits per heavy atom. The Morgan fingerprint density at radius 1 is 1.14 bits per heavy atom. The van der Waals surface area contributed by atoms with Crippen LogP contribution in [0.1, 0.15) is 58.8 Å². The van der Waals surface area contributed by atoms with Gasteiger partial charge in [-0.1, -0.05) is 25.5 Å². The van der Waals surface area contributed by atoms with Crippen molar-refractivity contribution in [3.63, 3.8) is 0 Å². The van der Waals surface area contributed by atoms with Crippen LogP contribution in [-0.2, 0) is 0 Å². The summed E-state index contributed by atoms with van der Waals surface area (Å²) in [4.78, 5) is 0. The average Bonchev–Trinajstić information content (AvgIpc) is 2.72. The van der Waals surface area contributed by atoms with Gasteiger partial charge in [-0.05, 0) is 73.5 Å². The second-order valence-corrected chi connectivity index (χ2v) is 9.03. The molecule has 0 saturated heterocycles. The Labute approximate surface area is 134 Å². The van der Waals surface area contributed by atoms with Crippen LogP contribution < -0.4 is 5.73 Å². The van der Waals surface area contributed by atoms with Crippen LogP contribution in [0.5, 0.6) is 0 Å². The van der Waals surface area contributed by atoms with Crippen molar-refractivity contribution in [2.24, 2.45) is 34.3 Å². The van der Waals surface area contributed by atoms with Gasteiger partial charge in [-0.2, -0.15) is 0 Å². The van der Waals surface area contributed by atoms with Gasteiger partial charge < -0.3 is 15.9 Å². The third kappa shape index (κ3) is 1.85. The molecule has 0 aliphatic heterocycles. The second-order valence-electron chi connectivity index (χ2n) is 9.03. The van der Waals surface area contributed by atoms with E-state index in [9.17, 15) is 10.2 Å². The topological polar surface area (TPSA) is 66.5 Å². The van der Waals surface area contributed by atoms with Crippen LogP contribution in [-0.4, -0.2) is 28.5 Å².